The van der Waals surface area contributed by atoms with E-state index < -0.39 is 0 Å². The van der Waals surface area contributed by atoms with E-state index in [4.69, 9.17) is 9.26 Å². The Morgan fingerprint density at radius 1 is 1.40 bits per heavy atom. The number of aromatic nitrogens is 2. The third-order valence-corrected chi connectivity index (χ3v) is 2.94. The maximum Gasteiger partial charge on any atom is 0.229 e. The van der Waals surface area contributed by atoms with Crippen LogP contribution < -0.4 is 0 Å². The number of hydrogen-bond acceptors (Lipinski definition) is 5. The lowest BCUT2D eigenvalue weighted by atomic mass is 10.3. The summed E-state index contributed by atoms with van der Waals surface area (Å²) in [7, 11) is 2.08. The van der Waals surface area contributed by atoms with Crippen molar-refractivity contribution in [1.29, 1.82) is 0 Å². The first-order valence-electron chi connectivity index (χ1n) is 5.46. The van der Waals surface area contributed by atoms with Gasteiger partial charge in [-0.15, -0.1) is 0 Å². The summed E-state index contributed by atoms with van der Waals surface area (Å²) in [5, 5.41) is 4.00. The quantitative estimate of drug-likeness (QED) is 0.725. The van der Waals surface area contributed by atoms with Crippen molar-refractivity contribution >= 4 is 0 Å². The minimum atomic E-state index is -0.0139. The molecule has 0 spiro atoms. The second-order valence-electron chi connectivity index (χ2n) is 4.39. The SMILES string of the molecule is CN1CCOC(c2noc(C3CC3)n2)C1. The third-order valence-electron chi connectivity index (χ3n) is 2.94. The number of morpholine rings is 1. The van der Waals surface area contributed by atoms with Gasteiger partial charge in [0.2, 0.25) is 11.7 Å². The molecule has 2 aliphatic rings. The van der Waals surface area contributed by atoms with Gasteiger partial charge in [-0.3, -0.25) is 0 Å². The lowest BCUT2D eigenvalue weighted by molar-refractivity contribution is -0.0264. The van der Waals surface area contributed by atoms with Crippen molar-refractivity contribution < 1.29 is 9.26 Å². The summed E-state index contributed by atoms with van der Waals surface area (Å²) < 4.78 is 10.8. The normalized spacial score (nSPS) is 28.2. The molecule has 2 fully saturated rings. The van der Waals surface area contributed by atoms with Crippen molar-refractivity contribution in [3.63, 3.8) is 0 Å². The van der Waals surface area contributed by atoms with E-state index in [9.17, 15) is 0 Å². The van der Waals surface area contributed by atoms with Crippen LogP contribution in [0, 0.1) is 0 Å². The fraction of sp³-hybridized carbons (Fsp3) is 0.800. The van der Waals surface area contributed by atoms with Gasteiger partial charge in [-0.2, -0.15) is 4.98 Å². The minimum absolute atomic E-state index is 0.0139. The summed E-state index contributed by atoms with van der Waals surface area (Å²) >= 11 is 0. The van der Waals surface area contributed by atoms with Crippen LogP contribution in [0.5, 0.6) is 0 Å². The van der Waals surface area contributed by atoms with E-state index >= 15 is 0 Å². The highest BCUT2D eigenvalue weighted by Crippen LogP contribution is 2.39. The number of rotatable bonds is 2. The van der Waals surface area contributed by atoms with E-state index in [0.29, 0.717) is 11.7 Å². The molecule has 0 bridgehead atoms. The first-order chi connectivity index (χ1) is 7.33. The highest BCUT2D eigenvalue weighted by atomic mass is 16.5. The van der Waals surface area contributed by atoms with Crippen molar-refractivity contribution in [2.75, 3.05) is 26.7 Å². The number of hydrogen-bond donors (Lipinski definition) is 0. The zero-order chi connectivity index (χ0) is 10.3. The van der Waals surface area contributed by atoms with Gasteiger partial charge in [-0.1, -0.05) is 5.16 Å². The smallest absolute Gasteiger partial charge is 0.229 e. The maximum absolute atomic E-state index is 5.62. The lowest BCUT2D eigenvalue weighted by Crippen LogP contribution is -2.35. The molecule has 0 N–H and O–H groups in total. The predicted octanol–water partition coefficient (Wildman–Crippen LogP) is 0.950. The van der Waals surface area contributed by atoms with Gasteiger partial charge in [0, 0.05) is 19.0 Å². The van der Waals surface area contributed by atoms with E-state index in [-0.39, 0.29) is 6.10 Å². The number of nitrogens with zero attached hydrogens (tertiary/aromatic N) is 3. The Labute approximate surface area is 88.4 Å². The monoisotopic (exact) mass is 209 g/mol. The summed E-state index contributed by atoms with van der Waals surface area (Å²) in [4.78, 5) is 6.62. The summed E-state index contributed by atoms with van der Waals surface area (Å²) in [6.07, 6.45) is 2.36. The Balaban J connectivity index is 1.73. The van der Waals surface area contributed by atoms with E-state index in [1.54, 1.807) is 0 Å². The second-order valence-corrected chi connectivity index (χ2v) is 4.39. The molecule has 3 rings (SSSR count). The maximum atomic E-state index is 5.62. The molecule has 1 aromatic rings. The van der Waals surface area contributed by atoms with Crippen molar-refractivity contribution in [2.24, 2.45) is 0 Å². The Hall–Kier alpha value is -0.940. The van der Waals surface area contributed by atoms with Crippen LogP contribution in [-0.2, 0) is 4.74 Å². The molecule has 0 radical (unpaired) electrons. The van der Waals surface area contributed by atoms with E-state index in [0.717, 1.165) is 25.6 Å². The van der Waals surface area contributed by atoms with Gasteiger partial charge in [-0.25, -0.2) is 0 Å². The Morgan fingerprint density at radius 2 is 2.27 bits per heavy atom. The second kappa shape index (κ2) is 3.57. The molecule has 1 aliphatic carbocycles. The van der Waals surface area contributed by atoms with Crippen LogP contribution in [0.15, 0.2) is 4.52 Å². The van der Waals surface area contributed by atoms with E-state index in [1.807, 2.05) is 0 Å². The molecule has 1 unspecified atom stereocenters. The van der Waals surface area contributed by atoms with Crippen LogP contribution in [0.4, 0.5) is 0 Å². The zero-order valence-corrected chi connectivity index (χ0v) is 8.85. The van der Waals surface area contributed by atoms with Crippen LogP contribution in [0.3, 0.4) is 0 Å². The van der Waals surface area contributed by atoms with Crippen molar-refractivity contribution in [2.45, 2.75) is 24.9 Å². The topological polar surface area (TPSA) is 51.4 Å². The van der Waals surface area contributed by atoms with Crippen LogP contribution in [0.2, 0.25) is 0 Å². The van der Waals surface area contributed by atoms with E-state index in [1.165, 1.54) is 12.8 Å². The number of likely N-dealkylation sites (N-methyl/N-ethyl adjacent to an activating group) is 1. The fourth-order valence-corrected chi connectivity index (χ4v) is 1.81. The van der Waals surface area contributed by atoms with Gasteiger partial charge in [0.15, 0.2) is 0 Å². The lowest BCUT2D eigenvalue weighted by Gasteiger charge is -2.27. The molecule has 1 saturated heterocycles. The van der Waals surface area contributed by atoms with Crippen LogP contribution in [0.1, 0.15) is 36.6 Å². The minimum Gasteiger partial charge on any atom is -0.367 e. The largest absolute Gasteiger partial charge is 0.367 e. The summed E-state index contributed by atoms with van der Waals surface area (Å²) in [6.45, 7) is 2.57. The molecule has 5 heteroatoms. The van der Waals surface area contributed by atoms with Crippen LogP contribution in [0.25, 0.3) is 0 Å². The molecule has 1 atom stereocenters. The van der Waals surface area contributed by atoms with Gasteiger partial charge in [0.1, 0.15) is 6.10 Å². The fourth-order valence-electron chi connectivity index (χ4n) is 1.81. The molecule has 0 aromatic carbocycles. The molecule has 5 nitrogen and oxygen atoms in total. The first-order valence-corrected chi connectivity index (χ1v) is 5.46. The van der Waals surface area contributed by atoms with Crippen LogP contribution >= 0.6 is 0 Å². The molecule has 15 heavy (non-hydrogen) atoms. The van der Waals surface area contributed by atoms with Gasteiger partial charge in [0.25, 0.3) is 0 Å². The average Bonchev–Trinajstić information content (AvgIpc) is 2.97. The van der Waals surface area contributed by atoms with Gasteiger partial charge in [0.05, 0.1) is 6.61 Å². The zero-order valence-electron chi connectivity index (χ0n) is 8.85. The Morgan fingerprint density at radius 3 is 3.00 bits per heavy atom. The third kappa shape index (κ3) is 1.89. The molecule has 1 aliphatic heterocycles. The standard InChI is InChI=1S/C10H15N3O2/c1-13-4-5-14-8(6-13)9-11-10(15-12-9)7-2-3-7/h7-8H,2-6H2,1H3. The van der Waals surface area contributed by atoms with Crippen molar-refractivity contribution in [3.8, 4) is 0 Å². The molecule has 0 amide bonds. The molecular weight excluding hydrogens is 194 g/mol. The van der Waals surface area contributed by atoms with Gasteiger partial charge >= 0.3 is 0 Å². The highest BCUT2D eigenvalue weighted by molar-refractivity contribution is 5.03. The predicted molar refractivity (Wildman–Crippen MR) is 52.5 cm³/mol. The van der Waals surface area contributed by atoms with Crippen molar-refractivity contribution in [3.05, 3.63) is 11.7 Å². The molecule has 1 saturated carbocycles. The summed E-state index contributed by atoms with van der Waals surface area (Å²) in [5.74, 6) is 2.03. The van der Waals surface area contributed by atoms with E-state index in [2.05, 4.69) is 22.1 Å². The Kier molecular flexibility index (Phi) is 2.21. The molecule has 2 heterocycles. The van der Waals surface area contributed by atoms with Crippen molar-refractivity contribution in [1.82, 2.24) is 15.0 Å². The van der Waals surface area contributed by atoms with Gasteiger partial charge in [-0.05, 0) is 19.9 Å². The van der Waals surface area contributed by atoms with Gasteiger partial charge < -0.3 is 14.2 Å². The van der Waals surface area contributed by atoms with Crippen LogP contribution in [-0.4, -0.2) is 41.8 Å². The molecular formula is C10H15N3O2. The summed E-state index contributed by atoms with van der Waals surface area (Å²) in [5.41, 5.74) is 0. The first kappa shape index (κ1) is 9.30. The number of ether oxygens (including phenoxy) is 1. The highest BCUT2D eigenvalue weighted by Gasteiger charge is 2.32. The Bertz CT molecular complexity index is 348. The average molecular weight is 209 g/mol. The molecule has 1 aromatic heterocycles. The summed E-state index contributed by atoms with van der Waals surface area (Å²) in [6, 6.07) is 0. The molecule has 82 valence electrons.